The third kappa shape index (κ3) is 3.22. The van der Waals surface area contributed by atoms with Crippen LogP contribution in [0, 0.1) is 19.7 Å². The minimum Gasteiger partial charge on any atom is -0.398 e. The van der Waals surface area contributed by atoms with Crippen molar-refractivity contribution in [1.29, 1.82) is 0 Å². The Hall–Kier alpha value is -1.92. The van der Waals surface area contributed by atoms with Gasteiger partial charge in [-0.1, -0.05) is 24.3 Å². The van der Waals surface area contributed by atoms with Gasteiger partial charge >= 0.3 is 0 Å². The van der Waals surface area contributed by atoms with Crippen molar-refractivity contribution in [3.8, 4) is 0 Å². The van der Waals surface area contributed by atoms with E-state index in [-0.39, 0.29) is 22.7 Å². The van der Waals surface area contributed by atoms with Crippen molar-refractivity contribution < 1.29 is 12.8 Å². The molecule has 0 fully saturated rings. The first-order valence-electron chi connectivity index (χ1n) is 6.41. The van der Waals surface area contributed by atoms with Gasteiger partial charge in [0.2, 0.25) is 10.0 Å². The first-order valence-corrected chi connectivity index (χ1v) is 7.90. The standard InChI is InChI=1S/C15H17FN2O2S/c1-10-7-8-14(17)15(11(10)2)21(19,20)18-9-12-5-3-4-6-13(12)16/h3-8,18H,9,17H2,1-2H3. The van der Waals surface area contributed by atoms with Gasteiger partial charge in [-0.2, -0.15) is 0 Å². The van der Waals surface area contributed by atoms with E-state index in [1.807, 2.05) is 6.92 Å². The molecular formula is C15H17FN2O2S. The fourth-order valence-corrected chi connectivity index (χ4v) is 3.49. The molecule has 6 heteroatoms. The molecule has 0 aliphatic carbocycles. The van der Waals surface area contributed by atoms with E-state index in [1.165, 1.54) is 12.1 Å². The second-order valence-electron chi connectivity index (χ2n) is 4.84. The predicted molar refractivity (Wildman–Crippen MR) is 80.8 cm³/mol. The van der Waals surface area contributed by atoms with Crippen molar-refractivity contribution in [2.24, 2.45) is 0 Å². The van der Waals surface area contributed by atoms with E-state index in [0.29, 0.717) is 5.56 Å². The van der Waals surface area contributed by atoms with Crippen LogP contribution in [0.15, 0.2) is 41.3 Å². The van der Waals surface area contributed by atoms with Crippen molar-refractivity contribution in [3.05, 3.63) is 58.9 Å². The molecule has 0 aliphatic heterocycles. The highest BCUT2D eigenvalue weighted by Gasteiger charge is 2.21. The summed E-state index contributed by atoms with van der Waals surface area (Å²) >= 11 is 0. The molecule has 2 rings (SSSR count). The highest BCUT2D eigenvalue weighted by molar-refractivity contribution is 7.89. The maximum Gasteiger partial charge on any atom is 0.243 e. The van der Waals surface area contributed by atoms with Crippen LogP contribution in [-0.4, -0.2) is 8.42 Å². The zero-order valence-electron chi connectivity index (χ0n) is 11.9. The predicted octanol–water partition coefficient (Wildman–Crippen LogP) is 2.50. The maximum absolute atomic E-state index is 13.5. The summed E-state index contributed by atoms with van der Waals surface area (Å²) in [6.07, 6.45) is 0. The summed E-state index contributed by atoms with van der Waals surface area (Å²) in [4.78, 5) is 0.0545. The summed E-state index contributed by atoms with van der Waals surface area (Å²) in [7, 11) is -3.80. The monoisotopic (exact) mass is 308 g/mol. The van der Waals surface area contributed by atoms with E-state index in [4.69, 9.17) is 5.73 Å². The Morgan fingerprint density at radius 1 is 1.14 bits per heavy atom. The van der Waals surface area contributed by atoms with Crippen LogP contribution < -0.4 is 10.5 Å². The van der Waals surface area contributed by atoms with Crippen molar-refractivity contribution in [2.75, 3.05) is 5.73 Å². The Labute approximate surface area is 123 Å². The van der Waals surface area contributed by atoms with Crippen molar-refractivity contribution >= 4 is 15.7 Å². The molecule has 2 aromatic rings. The molecule has 0 saturated heterocycles. The number of sulfonamides is 1. The molecule has 0 saturated carbocycles. The molecule has 3 N–H and O–H groups in total. The van der Waals surface area contributed by atoms with E-state index >= 15 is 0 Å². The lowest BCUT2D eigenvalue weighted by Gasteiger charge is -2.13. The Balaban J connectivity index is 2.32. The molecule has 0 aliphatic rings. The minimum absolute atomic E-state index is 0.0545. The summed E-state index contributed by atoms with van der Waals surface area (Å²) in [5.74, 6) is -0.450. The number of aryl methyl sites for hydroxylation is 1. The van der Waals surface area contributed by atoms with Gasteiger partial charge in [-0.3, -0.25) is 0 Å². The van der Waals surface area contributed by atoms with Gasteiger partial charge < -0.3 is 5.73 Å². The molecular weight excluding hydrogens is 291 g/mol. The van der Waals surface area contributed by atoms with Crippen LogP contribution in [0.25, 0.3) is 0 Å². The smallest absolute Gasteiger partial charge is 0.243 e. The molecule has 0 bridgehead atoms. The number of nitrogens with two attached hydrogens (primary N) is 1. The van der Waals surface area contributed by atoms with Gasteiger partial charge in [0.25, 0.3) is 0 Å². The molecule has 0 aromatic heterocycles. The largest absolute Gasteiger partial charge is 0.398 e. The van der Waals surface area contributed by atoms with Gasteiger partial charge in [0.1, 0.15) is 10.7 Å². The molecule has 2 aromatic carbocycles. The topological polar surface area (TPSA) is 72.2 Å². The number of hydrogen-bond donors (Lipinski definition) is 2. The van der Waals surface area contributed by atoms with Crippen LogP contribution in [0.5, 0.6) is 0 Å². The van der Waals surface area contributed by atoms with Crippen molar-refractivity contribution in [3.63, 3.8) is 0 Å². The average Bonchev–Trinajstić information content (AvgIpc) is 2.42. The zero-order valence-corrected chi connectivity index (χ0v) is 12.7. The highest BCUT2D eigenvalue weighted by atomic mass is 32.2. The first kappa shape index (κ1) is 15.5. The quantitative estimate of drug-likeness (QED) is 0.852. The maximum atomic E-state index is 13.5. The summed E-state index contributed by atoms with van der Waals surface area (Å²) in [5, 5.41) is 0. The SMILES string of the molecule is Cc1ccc(N)c(S(=O)(=O)NCc2ccccc2F)c1C. The van der Waals surface area contributed by atoms with Crippen molar-refractivity contribution in [2.45, 2.75) is 25.3 Å². The highest BCUT2D eigenvalue weighted by Crippen LogP contribution is 2.25. The average molecular weight is 308 g/mol. The number of halogens is 1. The molecule has 0 spiro atoms. The van der Waals surface area contributed by atoms with Gasteiger partial charge in [-0.15, -0.1) is 0 Å². The van der Waals surface area contributed by atoms with E-state index in [9.17, 15) is 12.8 Å². The summed E-state index contributed by atoms with van der Waals surface area (Å²) in [6, 6.07) is 9.34. The van der Waals surface area contributed by atoms with E-state index in [0.717, 1.165) is 5.56 Å². The molecule has 0 unspecified atom stereocenters. The van der Waals surface area contributed by atoms with E-state index < -0.39 is 15.8 Å². The van der Waals surface area contributed by atoms with Crippen LogP contribution in [0.2, 0.25) is 0 Å². The third-order valence-corrected chi connectivity index (χ3v) is 4.99. The van der Waals surface area contributed by atoms with Crippen LogP contribution in [0.4, 0.5) is 10.1 Å². The number of nitrogen functional groups attached to an aromatic ring is 1. The van der Waals surface area contributed by atoms with Crippen LogP contribution in [0.3, 0.4) is 0 Å². The van der Waals surface area contributed by atoms with E-state index in [1.54, 1.807) is 31.2 Å². The van der Waals surface area contributed by atoms with Gasteiger partial charge in [-0.05, 0) is 37.1 Å². The summed E-state index contributed by atoms with van der Waals surface area (Å²) in [6.45, 7) is 3.38. The summed E-state index contributed by atoms with van der Waals surface area (Å²) in [5.41, 5.74) is 7.67. The van der Waals surface area contributed by atoms with Gasteiger partial charge in [0.15, 0.2) is 0 Å². The number of benzene rings is 2. The molecule has 0 atom stereocenters. The lowest BCUT2D eigenvalue weighted by molar-refractivity contribution is 0.574. The Bertz CT molecular complexity index is 773. The van der Waals surface area contributed by atoms with Gasteiger partial charge in [-0.25, -0.2) is 17.5 Å². The lowest BCUT2D eigenvalue weighted by Crippen LogP contribution is -2.25. The minimum atomic E-state index is -3.80. The molecule has 0 amide bonds. The normalized spacial score (nSPS) is 11.6. The fourth-order valence-electron chi connectivity index (χ4n) is 2.05. The molecule has 0 radical (unpaired) electrons. The van der Waals surface area contributed by atoms with Gasteiger partial charge in [0, 0.05) is 12.1 Å². The third-order valence-electron chi connectivity index (χ3n) is 3.39. The molecule has 0 heterocycles. The number of anilines is 1. The van der Waals surface area contributed by atoms with Crippen LogP contribution >= 0.6 is 0 Å². The van der Waals surface area contributed by atoms with Crippen LogP contribution in [-0.2, 0) is 16.6 Å². The lowest BCUT2D eigenvalue weighted by atomic mass is 10.1. The first-order chi connectivity index (χ1) is 9.83. The Morgan fingerprint density at radius 2 is 1.81 bits per heavy atom. The molecule has 21 heavy (non-hydrogen) atoms. The molecule has 4 nitrogen and oxygen atoms in total. The summed E-state index contributed by atoms with van der Waals surface area (Å²) < 4.78 is 40.7. The van der Waals surface area contributed by atoms with Gasteiger partial charge in [0.05, 0.1) is 5.69 Å². The zero-order chi connectivity index (χ0) is 15.6. The van der Waals surface area contributed by atoms with E-state index in [2.05, 4.69) is 4.72 Å². The Morgan fingerprint density at radius 3 is 2.48 bits per heavy atom. The fraction of sp³-hybridized carbons (Fsp3) is 0.200. The number of nitrogens with one attached hydrogen (secondary N) is 1. The molecule has 112 valence electrons. The second-order valence-corrected chi connectivity index (χ2v) is 6.55. The van der Waals surface area contributed by atoms with Crippen molar-refractivity contribution in [1.82, 2.24) is 4.72 Å². The second kappa shape index (κ2) is 5.83. The number of hydrogen-bond acceptors (Lipinski definition) is 3. The van der Waals surface area contributed by atoms with Crippen LogP contribution in [0.1, 0.15) is 16.7 Å². The Kier molecular flexibility index (Phi) is 4.29. The number of rotatable bonds is 4.